The minimum absolute atomic E-state index is 0.356. The van der Waals surface area contributed by atoms with Crippen LogP contribution >= 0.6 is 0 Å². The van der Waals surface area contributed by atoms with Crippen LogP contribution in [0.25, 0.3) is 0 Å². The molecule has 1 rings (SSSR count). The van der Waals surface area contributed by atoms with Crippen molar-refractivity contribution >= 4 is 6.09 Å². The molecule has 0 saturated carbocycles. The third-order valence-electron chi connectivity index (χ3n) is 1.32. The Bertz CT molecular complexity index is 269. The number of aromatic hydroxyl groups is 1. The summed E-state index contributed by atoms with van der Waals surface area (Å²) in [5.41, 5.74) is 5.20. The zero-order valence-electron chi connectivity index (χ0n) is 7.40. The van der Waals surface area contributed by atoms with Crippen LogP contribution < -0.4 is 5.73 Å². The van der Waals surface area contributed by atoms with E-state index in [0.29, 0.717) is 5.75 Å². The number of carbonyl (C=O) groups is 1. The van der Waals surface area contributed by atoms with Gasteiger partial charge in [0.2, 0.25) is 0 Å². The number of nitrogens with two attached hydrogens (primary N) is 1. The monoisotopic (exact) mass is 183 g/mol. The fourth-order valence-electron chi connectivity index (χ4n) is 0.776. The molecule has 1 aromatic carbocycles. The molecule has 1 amide bonds. The third kappa shape index (κ3) is 6.68. The molecule has 13 heavy (non-hydrogen) atoms. The van der Waals surface area contributed by atoms with Crippen LogP contribution in [0, 0.1) is 0 Å². The fraction of sp³-hybridized carbons (Fsp3) is 0.222. The van der Waals surface area contributed by atoms with Crippen molar-refractivity contribution < 1.29 is 15.0 Å². The van der Waals surface area contributed by atoms with Gasteiger partial charge in [-0.1, -0.05) is 19.1 Å². The molecule has 0 atom stereocenters. The van der Waals surface area contributed by atoms with Gasteiger partial charge in [-0.15, -0.1) is 0 Å². The Morgan fingerprint density at radius 3 is 2.38 bits per heavy atom. The number of hydrogen-bond donors (Lipinski definition) is 3. The standard InChI is InChI=1S/C8H10O.CH3NO2/c1-2-7-4-3-5-8(9)6-7;2-1(3)4/h3-6,9H,2H2,1H3;2H2,(H,3,4). The zero-order valence-corrected chi connectivity index (χ0v) is 7.40. The van der Waals surface area contributed by atoms with E-state index in [0.717, 1.165) is 6.42 Å². The summed E-state index contributed by atoms with van der Waals surface area (Å²) in [5, 5.41) is 16.1. The van der Waals surface area contributed by atoms with Gasteiger partial charge in [-0.2, -0.15) is 0 Å². The fourth-order valence-corrected chi connectivity index (χ4v) is 0.776. The maximum atomic E-state index is 8.94. The van der Waals surface area contributed by atoms with E-state index in [1.54, 1.807) is 12.1 Å². The molecule has 72 valence electrons. The van der Waals surface area contributed by atoms with Gasteiger partial charge in [0.15, 0.2) is 0 Å². The summed E-state index contributed by atoms with van der Waals surface area (Å²) in [5.74, 6) is 0.356. The Kier molecular flexibility index (Phi) is 5.11. The molecular formula is C9H13NO3. The van der Waals surface area contributed by atoms with Gasteiger partial charge in [0.1, 0.15) is 5.75 Å². The first-order valence-corrected chi connectivity index (χ1v) is 3.82. The molecule has 0 aliphatic heterocycles. The van der Waals surface area contributed by atoms with Crippen LogP contribution in [-0.2, 0) is 6.42 Å². The molecule has 0 aliphatic carbocycles. The summed E-state index contributed by atoms with van der Waals surface area (Å²) in [6.45, 7) is 2.06. The van der Waals surface area contributed by atoms with Crippen LogP contribution in [0.5, 0.6) is 5.75 Å². The van der Waals surface area contributed by atoms with E-state index < -0.39 is 6.09 Å². The normalized spacial score (nSPS) is 8.38. The number of rotatable bonds is 1. The van der Waals surface area contributed by atoms with Gasteiger partial charge < -0.3 is 15.9 Å². The van der Waals surface area contributed by atoms with Crippen molar-refractivity contribution in [2.45, 2.75) is 13.3 Å². The van der Waals surface area contributed by atoms with Crippen LogP contribution in [0.1, 0.15) is 12.5 Å². The highest BCUT2D eigenvalue weighted by atomic mass is 16.4. The van der Waals surface area contributed by atoms with E-state index in [4.69, 9.17) is 15.0 Å². The average molecular weight is 183 g/mol. The minimum Gasteiger partial charge on any atom is -0.508 e. The Balaban J connectivity index is 0.000000310. The van der Waals surface area contributed by atoms with Crippen molar-refractivity contribution in [2.75, 3.05) is 0 Å². The lowest BCUT2D eigenvalue weighted by molar-refractivity contribution is 0.205. The van der Waals surface area contributed by atoms with E-state index in [9.17, 15) is 0 Å². The van der Waals surface area contributed by atoms with Crippen LogP contribution in [0.3, 0.4) is 0 Å². The second-order valence-corrected chi connectivity index (χ2v) is 2.36. The van der Waals surface area contributed by atoms with Crippen molar-refractivity contribution in [3.05, 3.63) is 29.8 Å². The van der Waals surface area contributed by atoms with Gasteiger partial charge in [0.25, 0.3) is 0 Å². The molecule has 0 radical (unpaired) electrons. The smallest absolute Gasteiger partial charge is 0.402 e. The van der Waals surface area contributed by atoms with E-state index in [2.05, 4.69) is 12.7 Å². The first-order valence-electron chi connectivity index (χ1n) is 3.82. The number of phenolic OH excluding ortho intramolecular Hbond substituents is 1. The lowest BCUT2D eigenvalue weighted by atomic mass is 10.2. The van der Waals surface area contributed by atoms with Gasteiger partial charge in [-0.05, 0) is 24.1 Å². The number of aryl methyl sites for hydroxylation is 1. The predicted molar refractivity (Wildman–Crippen MR) is 49.7 cm³/mol. The summed E-state index contributed by atoms with van der Waals surface area (Å²) in [6, 6.07) is 7.31. The molecular weight excluding hydrogens is 170 g/mol. The quantitative estimate of drug-likeness (QED) is 0.618. The zero-order chi connectivity index (χ0) is 10.3. The molecule has 0 unspecified atom stereocenters. The van der Waals surface area contributed by atoms with Crippen molar-refractivity contribution in [2.24, 2.45) is 5.73 Å². The maximum Gasteiger partial charge on any atom is 0.402 e. The van der Waals surface area contributed by atoms with E-state index in [1.165, 1.54) is 5.56 Å². The first kappa shape index (κ1) is 11.3. The van der Waals surface area contributed by atoms with Gasteiger partial charge in [-0.3, -0.25) is 0 Å². The summed E-state index contributed by atoms with van der Waals surface area (Å²) in [7, 11) is 0. The molecule has 0 aliphatic rings. The third-order valence-corrected chi connectivity index (χ3v) is 1.32. The molecule has 0 bridgehead atoms. The highest BCUT2D eigenvalue weighted by Crippen LogP contribution is 2.10. The molecule has 1 aromatic rings. The molecule has 0 aromatic heterocycles. The molecule has 0 fully saturated rings. The van der Waals surface area contributed by atoms with Crippen molar-refractivity contribution in [1.29, 1.82) is 0 Å². The first-order chi connectivity index (χ1) is 6.06. The van der Waals surface area contributed by atoms with E-state index in [-0.39, 0.29) is 0 Å². The average Bonchev–Trinajstić information content (AvgIpc) is 2.03. The topological polar surface area (TPSA) is 83.5 Å². The van der Waals surface area contributed by atoms with Gasteiger partial charge >= 0.3 is 6.09 Å². The molecule has 0 saturated heterocycles. The van der Waals surface area contributed by atoms with E-state index in [1.807, 2.05) is 12.1 Å². The Morgan fingerprint density at radius 1 is 1.54 bits per heavy atom. The Morgan fingerprint density at radius 2 is 2.08 bits per heavy atom. The second kappa shape index (κ2) is 5.88. The predicted octanol–water partition coefficient (Wildman–Crippen LogP) is 1.58. The molecule has 4 heteroatoms. The summed E-state index contributed by atoms with van der Waals surface area (Å²) in [6.07, 6.45) is -0.353. The van der Waals surface area contributed by atoms with Crippen LogP contribution in [-0.4, -0.2) is 16.3 Å². The van der Waals surface area contributed by atoms with E-state index >= 15 is 0 Å². The van der Waals surface area contributed by atoms with Crippen molar-refractivity contribution in [3.63, 3.8) is 0 Å². The number of benzene rings is 1. The van der Waals surface area contributed by atoms with Gasteiger partial charge in [0.05, 0.1) is 0 Å². The lowest BCUT2D eigenvalue weighted by Crippen LogP contribution is -2.03. The number of phenols is 1. The van der Waals surface area contributed by atoms with Gasteiger partial charge in [0, 0.05) is 0 Å². The maximum absolute atomic E-state index is 8.94. The largest absolute Gasteiger partial charge is 0.508 e. The molecule has 0 heterocycles. The Labute approximate surface area is 76.6 Å². The van der Waals surface area contributed by atoms with Gasteiger partial charge in [-0.25, -0.2) is 4.79 Å². The minimum atomic E-state index is -1.33. The SMILES string of the molecule is CCc1cccc(O)c1.NC(=O)O. The summed E-state index contributed by atoms with van der Waals surface area (Å²) in [4.78, 5) is 8.78. The van der Waals surface area contributed by atoms with Crippen LogP contribution in [0.2, 0.25) is 0 Å². The lowest BCUT2D eigenvalue weighted by Gasteiger charge is -1.94. The number of amides is 1. The number of hydrogen-bond acceptors (Lipinski definition) is 2. The van der Waals surface area contributed by atoms with Crippen molar-refractivity contribution in [1.82, 2.24) is 0 Å². The molecule has 4 nitrogen and oxygen atoms in total. The summed E-state index contributed by atoms with van der Waals surface area (Å²) >= 11 is 0. The van der Waals surface area contributed by atoms with Crippen LogP contribution in [0.15, 0.2) is 24.3 Å². The number of carboxylic acid groups (broad SMARTS) is 1. The number of primary amides is 1. The highest BCUT2D eigenvalue weighted by Gasteiger charge is 1.87. The van der Waals surface area contributed by atoms with Crippen LogP contribution in [0.4, 0.5) is 4.79 Å². The Hall–Kier alpha value is -1.71. The second-order valence-electron chi connectivity index (χ2n) is 2.36. The molecule has 0 spiro atoms. The molecule has 4 N–H and O–H groups in total. The van der Waals surface area contributed by atoms with Crippen molar-refractivity contribution in [3.8, 4) is 5.75 Å². The summed E-state index contributed by atoms with van der Waals surface area (Å²) < 4.78 is 0. The highest BCUT2D eigenvalue weighted by molar-refractivity contribution is 5.61.